The highest BCUT2D eigenvalue weighted by atomic mass is 79.9. The number of likely N-dealkylation sites (tertiary alicyclic amines) is 1. The molecule has 0 spiro atoms. The van der Waals surface area contributed by atoms with Gasteiger partial charge in [0, 0.05) is 17.6 Å². The first-order chi connectivity index (χ1) is 13.1. The number of piperidine rings is 1. The second-order valence-electron chi connectivity index (χ2n) is 6.88. The third kappa shape index (κ3) is 3.67. The molecule has 0 N–H and O–H groups in total. The van der Waals surface area contributed by atoms with Crippen LogP contribution in [0.3, 0.4) is 0 Å². The van der Waals surface area contributed by atoms with Crippen LogP contribution in [-0.4, -0.2) is 33.4 Å². The van der Waals surface area contributed by atoms with Crippen LogP contribution in [0.15, 0.2) is 64.1 Å². The van der Waals surface area contributed by atoms with E-state index < -0.39 is 0 Å². The fourth-order valence-electron chi connectivity index (χ4n) is 3.67. The number of carbonyl (C=O) groups excluding carboxylic acids is 1. The minimum atomic E-state index is -0.0364. The van der Waals surface area contributed by atoms with Crippen molar-refractivity contribution in [2.45, 2.75) is 25.3 Å². The molecular weight excluding hydrogens is 406 g/mol. The quantitative estimate of drug-likeness (QED) is 0.644. The van der Waals surface area contributed by atoms with E-state index in [1.807, 2.05) is 47.4 Å². The highest BCUT2D eigenvalue weighted by Crippen LogP contribution is 2.23. The van der Waals surface area contributed by atoms with Crippen molar-refractivity contribution < 1.29 is 4.79 Å². The lowest BCUT2D eigenvalue weighted by molar-refractivity contribution is -0.132. The third-order valence-electron chi connectivity index (χ3n) is 5.13. The highest BCUT2D eigenvalue weighted by molar-refractivity contribution is 9.10. The van der Waals surface area contributed by atoms with Gasteiger partial charge in [0.25, 0.3) is 5.56 Å². The number of hydrogen-bond donors (Lipinski definition) is 0. The molecule has 27 heavy (non-hydrogen) atoms. The zero-order chi connectivity index (χ0) is 18.8. The molecule has 0 radical (unpaired) electrons. The SMILES string of the molecule is O=C(Cc1ccccc1Br)N1CCC[C@H](n2cnc3ccccc3c2=O)C1. The molecule has 5 nitrogen and oxygen atoms in total. The van der Waals surface area contributed by atoms with Gasteiger partial charge in [-0.1, -0.05) is 46.3 Å². The number of aromatic nitrogens is 2. The van der Waals surface area contributed by atoms with Crippen LogP contribution in [0.25, 0.3) is 10.9 Å². The van der Waals surface area contributed by atoms with Gasteiger partial charge < -0.3 is 4.90 Å². The lowest BCUT2D eigenvalue weighted by Gasteiger charge is -2.33. The molecule has 1 amide bonds. The van der Waals surface area contributed by atoms with Crippen molar-refractivity contribution in [3.63, 3.8) is 0 Å². The topological polar surface area (TPSA) is 55.2 Å². The summed E-state index contributed by atoms with van der Waals surface area (Å²) in [7, 11) is 0. The van der Waals surface area contributed by atoms with E-state index in [4.69, 9.17) is 0 Å². The largest absolute Gasteiger partial charge is 0.340 e. The van der Waals surface area contributed by atoms with Crippen molar-refractivity contribution in [3.05, 3.63) is 75.2 Å². The van der Waals surface area contributed by atoms with Crippen LogP contribution in [0.1, 0.15) is 24.4 Å². The summed E-state index contributed by atoms with van der Waals surface area (Å²) in [4.78, 5) is 31.9. The predicted octanol–water partition coefficient (Wildman–Crippen LogP) is 3.57. The number of rotatable bonds is 3. The number of carbonyl (C=O) groups is 1. The Labute approximate surface area is 165 Å². The molecule has 0 saturated carbocycles. The zero-order valence-electron chi connectivity index (χ0n) is 14.8. The maximum atomic E-state index is 12.9. The van der Waals surface area contributed by atoms with Gasteiger partial charge in [-0.15, -0.1) is 0 Å². The Morgan fingerprint density at radius 3 is 2.78 bits per heavy atom. The molecule has 1 fully saturated rings. The van der Waals surface area contributed by atoms with Gasteiger partial charge in [-0.3, -0.25) is 14.2 Å². The number of para-hydroxylation sites is 1. The smallest absolute Gasteiger partial charge is 0.261 e. The van der Waals surface area contributed by atoms with Crippen LogP contribution in [0.4, 0.5) is 0 Å². The summed E-state index contributed by atoms with van der Waals surface area (Å²) in [5.74, 6) is 0.0911. The average molecular weight is 426 g/mol. The van der Waals surface area contributed by atoms with E-state index in [2.05, 4.69) is 20.9 Å². The van der Waals surface area contributed by atoms with E-state index in [1.165, 1.54) is 0 Å². The molecule has 1 aliphatic heterocycles. The van der Waals surface area contributed by atoms with Crippen molar-refractivity contribution in [1.82, 2.24) is 14.5 Å². The van der Waals surface area contributed by atoms with Crippen LogP contribution in [0, 0.1) is 0 Å². The normalized spacial score (nSPS) is 17.2. The molecule has 1 atom stereocenters. The fourth-order valence-corrected chi connectivity index (χ4v) is 4.09. The first-order valence-corrected chi connectivity index (χ1v) is 9.90. The van der Waals surface area contributed by atoms with Gasteiger partial charge >= 0.3 is 0 Å². The number of amides is 1. The molecule has 2 heterocycles. The average Bonchev–Trinajstić information content (AvgIpc) is 2.70. The molecule has 0 aliphatic carbocycles. The van der Waals surface area contributed by atoms with Crippen molar-refractivity contribution >= 4 is 32.7 Å². The van der Waals surface area contributed by atoms with Crippen LogP contribution in [0.2, 0.25) is 0 Å². The molecule has 1 aliphatic rings. The van der Waals surface area contributed by atoms with E-state index in [1.54, 1.807) is 17.0 Å². The third-order valence-corrected chi connectivity index (χ3v) is 5.91. The molecule has 6 heteroatoms. The standard InChI is InChI=1S/C21H20BrN3O2/c22-18-9-3-1-6-15(18)12-20(26)24-11-5-7-16(13-24)25-14-23-19-10-4-2-8-17(19)21(25)27/h1-4,6,8-10,14,16H,5,7,11-13H2/t16-/m0/s1. The van der Waals surface area contributed by atoms with Gasteiger partial charge in [0.05, 0.1) is 29.7 Å². The summed E-state index contributed by atoms with van der Waals surface area (Å²) in [6.45, 7) is 1.28. The van der Waals surface area contributed by atoms with Crippen molar-refractivity contribution in [2.75, 3.05) is 13.1 Å². The number of halogens is 1. The summed E-state index contributed by atoms with van der Waals surface area (Å²) < 4.78 is 2.64. The second kappa shape index (κ2) is 7.64. The summed E-state index contributed by atoms with van der Waals surface area (Å²) in [5, 5.41) is 0.622. The Bertz CT molecular complexity index is 1050. The lowest BCUT2D eigenvalue weighted by Crippen LogP contribution is -2.43. The summed E-state index contributed by atoms with van der Waals surface area (Å²) in [6, 6.07) is 15.1. The minimum Gasteiger partial charge on any atom is -0.340 e. The van der Waals surface area contributed by atoms with E-state index in [9.17, 15) is 9.59 Å². The fraction of sp³-hybridized carbons (Fsp3) is 0.286. The summed E-state index contributed by atoms with van der Waals surface area (Å²) in [5.41, 5.74) is 1.65. The maximum absolute atomic E-state index is 12.9. The molecule has 2 aromatic carbocycles. The first kappa shape index (κ1) is 17.9. The Morgan fingerprint density at radius 2 is 1.93 bits per heavy atom. The van der Waals surface area contributed by atoms with Gasteiger partial charge in [0.1, 0.15) is 0 Å². The molecule has 1 saturated heterocycles. The second-order valence-corrected chi connectivity index (χ2v) is 7.73. The Kier molecular flexibility index (Phi) is 5.07. The molecule has 0 bridgehead atoms. The number of fused-ring (bicyclic) bond motifs is 1. The number of nitrogens with zero attached hydrogens (tertiary/aromatic N) is 3. The Morgan fingerprint density at radius 1 is 1.15 bits per heavy atom. The Balaban J connectivity index is 1.55. The van der Waals surface area contributed by atoms with Gasteiger partial charge in [0.2, 0.25) is 5.91 Å². The lowest BCUT2D eigenvalue weighted by atomic mass is 10.0. The summed E-state index contributed by atoms with van der Waals surface area (Å²) in [6.07, 6.45) is 3.74. The molecule has 1 aromatic heterocycles. The predicted molar refractivity (Wildman–Crippen MR) is 109 cm³/mol. The zero-order valence-corrected chi connectivity index (χ0v) is 16.4. The van der Waals surface area contributed by atoms with Crippen LogP contribution in [0.5, 0.6) is 0 Å². The van der Waals surface area contributed by atoms with Crippen molar-refractivity contribution in [2.24, 2.45) is 0 Å². The number of hydrogen-bond acceptors (Lipinski definition) is 3. The molecule has 138 valence electrons. The van der Waals surface area contributed by atoms with Crippen LogP contribution >= 0.6 is 15.9 Å². The van der Waals surface area contributed by atoms with Crippen LogP contribution < -0.4 is 5.56 Å². The van der Waals surface area contributed by atoms with Crippen molar-refractivity contribution in [1.29, 1.82) is 0 Å². The summed E-state index contributed by atoms with van der Waals surface area (Å²) >= 11 is 3.51. The van der Waals surface area contributed by atoms with E-state index in [-0.39, 0.29) is 17.5 Å². The molecule has 3 aromatic rings. The van der Waals surface area contributed by atoms with E-state index >= 15 is 0 Å². The highest BCUT2D eigenvalue weighted by Gasteiger charge is 2.26. The van der Waals surface area contributed by atoms with Gasteiger partial charge in [-0.05, 0) is 36.6 Å². The molecule has 4 rings (SSSR count). The van der Waals surface area contributed by atoms with Crippen LogP contribution in [-0.2, 0) is 11.2 Å². The maximum Gasteiger partial charge on any atom is 0.261 e. The number of benzene rings is 2. The van der Waals surface area contributed by atoms with E-state index in [0.717, 1.165) is 29.4 Å². The van der Waals surface area contributed by atoms with Crippen molar-refractivity contribution in [3.8, 4) is 0 Å². The molecular formula is C21H20BrN3O2. The van der Waals surface area contributed by atoms with Gasteiger partial charge in [0.15, 0.2) is 0 Å². The Hall–Kier alpha value is -2.47. The minimum absolute atomic E-state index is 0.0356. The van der Waals surface area contributed by atoms with Gasteiger partial charge in [-0.2, -0.15) is 0 Å². The first-order valence-electron chi connectivity index (χ1n) is 9.10. The van der Waals surface area contributed by atoms with Gasteiger partial charge in [-0.25, -0.2) is 4.98 Å². The molecule has 0 unspecified atom stereocenters. The monoisotopic (exact) mass is 425 g/mol. The van der Waals surface area contributed by atoms with E-state index in [0.29, 0.717) is 23.9 Å².